The van der Waals surface area contributed by atoms with Crippen LogP contribution in [0, 0.1) is 0 Å². The van der Waals surface area contributed by atoms with Crippen molar-refractivity contribution in [1.29, 1.82) is 0 Å². The van der Waals surface area contributed by atoms with E-state index in [2.05, 4.69) is 0 Å². The van der Waals surface area contributed by atoms with Gasteiger partial charge in [0.15, 0.2) is 5.78 Å². The van der Waals surface area contributed by atoms with Crippen LogP contribution in [0.4, 0.5) is 5.69 Å². The molecule has 0 aliphatic rings. The largest absolute Gasteiger partial charge is 0.383 e. The number of carbonyl (C=O) groups is 1. The molecule has 1 rings (SSSR count). The highest BCUT2D eigenvalue weighted by molar-refractivity contribution is 7.92. The van der Waals surface area contributed by atoms with E-state index >= 15 is 0 Å². The number of allylic oxidation sites excluding steroid dienone is 1. The van der Waals surface area contributed by atoms with E-state index in [0.29, 0.717) is 24.2 Å². The minimum absolute atomic E-state index is 0.0334. The molecular weight excluding hydrogens is 300 g/mol. The fraction of sp³-hybridized carbons (Fsp3) is 0.438. The summed E-state index contributed by atoms with van der Waals surface area (Å²) in [5, 5.41) is 0. The lowest BCUT2D eigenvalue weighted by molar-refractivity contribution is 0.104. The van der Waals surface area contributed by atoms with E-state index in [4.69, 9.17) is 0 Å². The zero-order valence-electron chi connectivity index (χ0n) is 13.6. The molecule has 1 aromatic carbocycles. The zero-order valence-corrected chi connectivity index (χ0v) is 14.4. The maximum absolute atomic E-state index is 12.2. The lowest BCUT2D eigenvalue weighted by atomic mass is 10.1. The highest BCUT2D eigenvalue weighted by Gasteiger charge is 2.20. The molecular formula is C16H24N2O3S. The van der Waals surface area contributed by atoms with Gasteiger partial charge in [0.1, 0.15) is 0 Å². The highest BCUT2D eigenvalue weighted by atomic mass is 32.2. The SMILES string of the molecule is CCCN(c1cccc(C(=O)C=CN(C)C)c1)S(=O)(=O)CC. The van der Waals surface area contributed by atoms with Crippen molar-refractivity contribution in [3.8, 4) is 0 Å². The van der Waals surface area contributed by atoms with Crippen LogP contribution in [-0.2, 0) is 10.0 Å². The Bertz CT molecular complexity index is 637. The summed E-state index contributed by atoms with van der Waals surface area (Å²) in [6.45, 7) is 3.95. The minimum atomic E-state index is -3.35. The Kier molecular flexibility index (Phi) is 6.61. The number of ketones is 1. The minimum Gasteiger partial charge on any atom is -0.383 e. The predicted octanol–water partition coefficient (Wildman–Crippen LogP) is 2.51. The Balaban J connectivity index is 3.16. The molecule has 0 saturated heterocycles. The van der Waals surface area contributed by atoms with Gasteiger partial charge in [0.25, 0.3) is 0 Å². The number of hydrogen-bond acceptors (Lipinski definition) is 4. The van der Waals surface area contributed by atoms with Gasteiger partial charge in [-0.1, -0.05) is 19.1 Å². The lowest BCUT2D eigenvalue weighted by Gasteiger charge is -2.23. The van der Waals surface area contributed by atoms with Crippen LogP contribution in [-0.4, -0.2) is 45.5 Å². The molecule has 0 N–H and O–H groups in total. The van der Waals surface area contributed by atoms with E-state index in [1.807, 2.05) is 21.0 Å². The van der Waals surface area contributed by atoms with Crippen LogP contribution < -0.4 is 4.31 Å². The van der Waals surface area contributed by atoms with Crippen molar-refractivity contribution in [3.05, 3.63) is 42.1 Å². The molecule has 0 bridgehead atoms. The molecule has 0 spiro atoms. The summed E-state index contributed by atoms with van der Waals surface area (Å²) in [5.41, 5.74) is 1.01. The number of benzene rings is 1. The van der Waals surface area contributed by atoms with Crippen LogP contribution >= 0.6 is 0 Å². The summed E-state index contributed by atoms with van der Waals surface area (Å²) >= 11 is 0. The van der Waals surface area contributed by atoms with Gasteiger partial charge in [-0.25, -0.2) is 8.42 Å². The molecule has 0 aromatic heterocycles. The third kappa shape index (κ3) is 4.87. The standard InChI is InChI=1S/C16H24N2O3S/c1-5-11-18(22(20,21)6-2)15-9-7-8-14(13-15)16(19)10-12-17(3)4/h7-10,12-13H,5-6,11H2,1-4H3. The molecule has 5 nitrogen and oxygen atoms in total. The van der Waals surface area contributed by atoms with E-state index in [-0.39, 0.29) is 11.5 Å². The summed E-state index contributed by atoms with van der Waals surface area (Å²) in [7, 11) is 0.313. The second kappa shape index (κ2) is 7.98. The van der Waals surface area contributed by atoms with E-state index in [1.165, 1.54) is 10.4 Å². The molecule has 0 radical (unpaired) electrons. The van der Waals surface area contributed by atoms with E-state index in [9.17, 15) is 13.2 Å². The smallest absolute Gasteiger partial charge is 0.234 e. The Labute approximate surface area is 133 Å². The second-order valence-corrected chi connectivity index (χ2v) is 7.35. The molecule has 0 unspecified atom stereocenters. The van der Waals surface area contributed by atoms with Gasteiger partial charge in [-0.05, 0) is 25.5 Å². The van der Waals surface area contributed by atoms with Crippen molar-refractivity contribution in [3.63, 3.8) is 0 Å². The van der Waals surface area contributed by atoms with E-state index in [1.54, 1.807) is 42.3 Å². The first-order chi connectivity index (χ1) is 10.3. The molecule has 0 fully saturated rings. The van der Waals surface area contributed by atoms with Crippen LogP contribution in [0.25, 0.3) is 0 Å². The van der Waals surface area contributed by atoms with E-state index in [0.717, 1.165) is 0 Å². The normalized spacial score (nSPS) is 11.6. The summed E-state index contributed by atoms with van der Waals surface area (Å²) < 4.78 is 25.8. The number of nitrogens with zero attached hydrogens (tertiary/aromatic N) is 2. The molecule has 0 amide bonds. The Morgan fingerprint density at radius 3 is 2.45 bits per heavy atom. The summed E-state index contributed by atoms with van der Waals surface area (Å²) in [6, 6.07) is 6.74. The van der Waals surface area contributed by atoms with Crippen LogP contribution in [0.1, 0.15) is 30.6 Å². The molecule has 0 aliphatic heterocycles. The molecule has 122 valence electrons. The fourth-order valence-electron chi connectivity index (χ4n) is 1.92. The van der Waals surface area contributed by atoms with Crippen LogP contribution in [0.2, 0.25) is 0 Å². The van der Waals surface area contributed by atoms with Crippen molar-refractivity contribution >= 4 is 21.5 Å². The first-order valence-corrected chi connectivity index (χ1v) is 8.92. The van der Waals surface area contributed by atoms with Gasteiger partial charge in [0.05, 0.1) is 11.4 Å². The van der Waals surface area contributed by atoms with Gasteiger partial charge in [-0.15, -0.1) is 0 Å². The summed E-state index contributed by atoms with van der Waals surface area (Å²) in [5.74, 6) is -0.119. The van der Waals surface area contributed by atoms with Crippen molar-refractivity contribution in [2.24, 2.45) is 0 Å². The van der Waals surface area contributed by atoms with Gasteiger partial charge in [-0.2, -0.15) is 0 Å². The molecule has 1 aromatic rings. The van der Waals surface area contributed by atoms with Crippen molar-refractivity contribution in [2.45, 2.75) is 20.3 Å². The highest BCUT2D eigenvalue weighted by Crippen LogP contribution is 2.21. The average molecular weight is 324 g/mol. The summed E-state index contributed by atoms with van der Waals surface area (Å²) in [4.78, 5) is 13.9. The number of rotatable bonds is 8. The average Bonchev–Trinajstić information content (AvgIpc) is 2.50. The number of anilines is 1. The number of hydrogen-bond donors (Lipinski definition) is 0. The zero-order chi connectivity index (χ0) is 16.8. The Morgan fingerprint density at radius 2 is 1.91 bits per heavy atom. The quantitative estimate of drug-likeness (QED) is 0.544. The summed E-state index contributed by atoms with van der Waals surface area (Å²) in [6.07, 6.45) is 3.84. The molecule has 0 heterocycles. The van der Waals surface area contributed by atoms with Crippen molar-refractivity contribution < 1.29 is 13.2 Å². The second-order valence-electron chi connectivity index (χ2n) is 5.17. The van der Waals surface area contributed by atoms with Crippen LogP contribution in [0.15, 0.2) is 36.5 Å². The van der Waals surface area contributed by atoms with Gasteiger partial charge in [0, 0.05) is 38.5 Å². The molecule has 0 atom stereocenters. The molecule has 6 heteroatoms. The van der Waals surface area contributed by atoms with Crippen LogP contribution in [0.3, 0.4) is 0 Å². The maximum Gasteiger partial charge on any atom is 0.234 e. The Morgan fingerprint density at radius 1 is 1.23 bits per heavy atom. The first kappa shape index (κ1) is 18.2. The first-order valence-electron chi connectivity index (χ1n) is 7.31. The van der Waals surface area contributed by atoms with Crippen molar-refractivity contribution in [2.75, 3.05) is 30.7 Å². The monoisotopic (exact) mass is 324 g/mol. The fourth-order valence-corrected chi connectivity index (χ4v) is 3.12. The van der Waals surface area contributed by atoms with E-state index < -0.39 is 10.0 Å². The molecule has 0 saturated carbocycles. The maximum atomic E-state index is 12.2. The van der Waals surface area contributed by atoms with Gasteiger partial charge >= 0.3 is 0 Å². The van der Waals surface area contributed by atoms with Gasteiger partial charge in [0.2, 0.25) is 10.0 Å². The van der Waals surface area contributed by atoms with Gasteiger partial charge < -0.3 is 4.90 Å². The molecule has 0 aliphatic carbocycles. The van der Waals surface area contributed by atoms with Crippen LogP contribution in [0.5, 0.6) is 0 Å². The molecule has 22 heavy (non-hydrogen) atoms. The van der Waals surface area contributed by atoms with Gasteiger partial charge in [-0.3, -0.25) is 9.10 Å². The topological polar surface area (TPSA) is 57.7 Å². The third-order valence-electron chi connectivity index (χ3n) is 3.07. The third-order valence-corrected chi connectivity index (χ3v) is 4.86. The lowest BCUT2D eigenvalue weighted by Crippen LogP contribution is -2.33. The van der Waals surface area contributed by atoms with Crippen molar-refractivity contribution in [1.82, 2.24) is 4.90 Å². The predicted molar refractivity (Wildman–Crippen MR) is 90.7 cm³/mol. The number of carbonyl (C=O) groups excluding carboxylic acids is 1. The Hall–Kier alpha value is -1.82. The number of sulfonamides is 1.